The summed E-state index contributed by atoms with van der Waals surface area (Å²) in [5.41, 5.74) is 4.13. The lowest BCUT2D eigenvalue weighted by Crippen LogP contribution is -1.95. The molecule has 4 nitrogen and oxygen atoms in total. The molecule has 0 aliphatic carbocycles. The van der Waals surface area contributed by atoms with Crippen molar-refractivity contribution in [2.45, 2.75) is 6.92 Å². The summed E-state index contributed by atoms with van der Waals surface area (Å²) in [6.45, 7) is 2.06. The van der Waals surface area contributed by atoms with Crippen molar-refractivity contribution >= 4 is 17.4 Å². The Hall–Kier alpha value is -2.72. The van der Waals surface area contributed by atoms with E-state index in [0.717, 1.165) is 16.8 Å². The summed E-state index contributed by atoms with van der Waals surface area (Å²) in [7, 11) is 0. The molecule has 0 amide bonds. The summed E-state index contributed by atoms with van der Waals surface area (Å²) in [5.74, 6) is 1.24. The summed E-state index contributed by atoms with van der Waals surface area (Å²) in [6.07, 6.45) is 1.74. The monoisotopic (exact) mass is 320 g/mol. The van der Waals surface area contributed by atoms with Crippen LogP contribution in [0.25, 0.3) is 28.4 Å². The zero-order valence-corrected chi connectivity index (χ0v) is 13.2. The number of hydrogen-bond donors (Lipinski definition) is 0. The molecule has 0 saturated heterocycles. The molecule has 0 aliphatic rings. The third-order valence-electron chi connectivity index (χ3n) is 3.69. The van der Waals surface area contributed by atoms with Crippen LogP contribution in [0.5, 0.6) is 0 Å². The minimum Gasteiger partial charge on any atom is -0.220 e. The highest BCUT2D eigenvalue weighted by molar-refractivity contribution is 6.30. The van der Waals surface area contributed by atoms with Gasteiger partial charge in [0.25, 0.3) is 5.78 Å². The molecule has 0 atom stereocenters. The molecule has 0 fully saturated rings. The molecule has 0 spiro atoms. The van der Waals surface area contributed by atoms with Crippen LogP contribution in [0.2, 0.25) is 5.02 Å². The second-order valence-electron chi connectivity index (χ2n) is 5.35. The van der Waals surface area contributed by atoms with Gasteiger partial charge in [-0.25, -0.2) is 4.98 Å². The van der Waals surface area contributed by atoms with Crippen molar-refractivity contribution < 1.29 is 0 Å². The van der Waals surface area contributed by atoms with E-state index in [4.69, 9.17) is 11.6 Å². The molecule has 4 aromatic rings. The smallest absolute Gasteiger partial charge is 0.220 e. The van der Waals surface area contributed by atoms with Crippen LogP contribution in [-0.4, -0.2) is 19.6 Å². The number of hydrogen-bond acceptors (Lipinski definition) is 3. The van der Waals surface area contributed by atoms with Crippen molar-refractivity contribution in [2.75, 3.05) is 0 Å². The predicted octanol–water partition coefficient (Wildman–Crippen LogP) is 4.42. The van der Waals surface area contributed by atoms with Gasteiger partial charge in [0.15, 0.2) is 5.82 Å². The van der Waals surface area contributed by atoms with E-state index >= 15 is 0 Å². The maximum Gasteiger partial charge on any atom is 0.253 e. The number of rotatable bonds is 2. The van der Waals surface area contributed by atoms with E-state index in [2.05, 4.69) is 34.1 Å². The number of nitrogens with zero attached hydrogens (tertiary/aromatic N) is 4. The van der Waals surface area contributed by atoms with Crippen LogP contribution in [0.15, 0.2) is 60.8 Å². The lowest BCUT2D eigenvalue weighted by atomic mass is 10.1. The van der Waals surface area contributed by atoms with Crippen molar-refractivity contribution in [3.63, 3.8) is 0 Å². The van der Waals surface area contributed by atoms with Gasteiger partial charge >= 0.3 is 0 Å². The first-order valence-electron chi connectivity index (χ1n) is 7.25. The van der Waals surface area contributed by atoms with Crippen LogP contribution < -0.4 is 0 Å². The molecule has 0 unspecified atom stereocenters. The van der Waals surface area contributed by atoms with Gasteiger partial charge in [0.2, 0.25) is 0 Å². The van der Waals surface area contributed by atoms with Crippen molar-refractivity contribution in [1.82, 2.24) is 19.6 Å². The molecule has 5 heteroatoms. The van der Waals surface area contributed by atoms with Crippen molar-refractivity contribution in [2.24, 2.45) is 0 Å². The van der Waals surface area contributed by atoms with E-state index in [9.17, 15) is 0 Å². The topological polar surface area (TPSA) is 43.1 Å². The highest BCUT2D eigenvalue weighted by Crippen LogP contribution is 2.23. The third kappa shape index (κ3) is 2.58. The second kappa shape index (κ2) is 5.48. The van der Waals surface area contributed by atoms with Crippen LogP contribution >= 0.6 is 11.6 Å². The van der Waals surface area contributed by atoms with E-state index in [-0.39, 0.29) is 0 Å². The lowest BCUT2D eigenvalue weighted by Gasteiger charge is -2.03. The van der Waals surface area contributed by atoms with Crippen LogP contribution in [0.3, 0.4) is 0 Å². The van der Waals surface area contributed by atoms with Crippen LogP contribution in [0, 0.1) is 6.92 Å². The fraction of sp³-hybridized carbons (Fsp3) is 0.0556. The van der Waals surface area contributed by atoms with Crippen molar-refractivity contribution in [1.29, 1.82) is 0 Å². The standard InChI is InChI=1S/C18H13ClN4/c1-12-2-4-14(5-3-12)17-21-18-20-11-10-16(23(18)22-17)13-6-8-15(19)9-7-13/h2-11H,1H3. The molecule has 0 saturated carbocycles. The Labute approximate surface area is 138 Å². The van der Waals surface area contributed by atoms with Gasteiger partial charge in [-0.1, -0.05) is 53.6 Å². The molecule has 0 bridgehead atoms. The number of aryl methyl sites for hydroxylation is 1. The van der Waals surface area contributed by atoms with Gasteiger partial charge in [0.1, 0.15) is 0 Å². The van der Waals surface area contributed by atoms with Crippen molar-refractivity contribution in [3.8, 4) is 22.6 Å². The molecule has 0 radical (unpaired) electrons. The third-order valence-corrected chi connectivity index (χ3v) is 3.94. The maximum absolute atomic E-state index is 5.97. The van der Waals surface area contributed by atoms with Crippen LogP contribution in [0.1, 0.15) is 5.56 Å². The molecule has 112 valence electrons. The van der Waals surface area contributed by atoms with E-state index in [0.29, 0.717) is 16.6 Å². The molecule has 4 rings (SSSR count). The number of benzene rings is 2. The van der Waals surface area contributed by atoms with Gasteiger partial charge in [-0.2, -0.15) is 9.50 Å². The first kappa shape index (κ1) is 13.9. The van der Waals surface area contributed by atoms with E-state index in [1.165, 1.54) is 5.56 Å². The van der Waals surface area contributed by atoms with Gasteiger partial charge in [-0.05, 0) is 25.1 Å². The molecule has 0 N–H and O–H groups in total. The Bertz CT molecular complexity index is 972. The molecule has 2 heterocycles. The fourth-order valence-electron chi connectivity index (χ4n) is 2.46. The first-order chi connectivity index (χ1) is 11.2. The Kier molecular flexibility index (Phi) is 3.32. The number of halogens is 1. The van der Waals surface area contributed by atoms with Gasteiger partial charge < -0.3 is 0 Å². The highest BCUT2D eigenvalue weighted by atomic mass is 35.5. The van der Waals surface area contributed by atoms with Gasteiger partial charge in [-0.15, -0.1) is 5.10 Å². The van der Waals surface area contributed by atoms with Gasteiger partial charge in [0.05, 0.1) is 5.69 Å². The van der Waals surface area contributed by atoms with Gasteiger partial charge in [-0.3, -0.25) is 0 Å². The molecular weight excluding hydrogens is 308 g/mol. The van der Waals surface area contributed by atoms with E-state index in [1.807, 2.05) is 42.5 Å². The molecule has 23 heavy (non-hydrogen) atoms. The SMILES string of the molecule is Cc1ccc(-c2nc3nccc(-c4ccc(Cl)cc4)n3n2)cc1. The predicted molar refractivity (Wildman–Crippen MR) is 91.4 cm³/mol. The van der Waals surface area contributed by atoms with Crippen molar-refractivity contribution in [3.05, 3.63) is 71.4 Å². The largest absolute Gasteiger partial charge is 0.253 e. The summed E-state index contributed by atoms with van der Waals surface area (Å²) >= 11 is 5.97. The molecular formula is C18H13ClN4. The quantitative estimate of drug-likeness (QED) is 0.549. The first-order valence-corrected chi connectivity index (χ1v) is 7.63. The average molecular weight is 321 g/mol. The summed E-state index contributed by atoms with van der Waals surface area (Å²) < 4.78 is 1.76. The number of fused-ring (bicyclic) bond motifs is 1. The Morgan fingerprint density at radius 1 is 0.870 bits per heavy atom. The minimum atomic E-state index is 0.577. The molecule has 0 aliphatic heterocycles. The summed E-state index contributed by atoms with van der Waals surface area (Å²) in [5, 5.41) is 5.33. The lowest BCUT2D eigenvalue weighted by molar-refractivity contribution is 0.951. The Morgan fingerprint density at radius 2 is 1.57 bits per heavy atom. The van der Waals surface area contributed by atoms with Crippen LogP contribution in [-0.2, 0) is 0 Å². The van der Waals surface area contributed by atoms with Gasteiger partial charge in [0, 0.05) is 22.3 Å². The minimum absolute atomic E-state index is 0.577. The Balaban J connectivity index is 1.87. The summed E-state index contributed by atoms with van der Waals surface area (Å²) in [4.78, 5) is 8.84. The van der Waals surface area contributed by atoms with Crippen LogP contribution in [0.4, 0.5) is 0 Å². The molecule has 2 aromatic heterocycles. The number of aromatic nitrogens is 4. The van der Waals surface area contributed by atoms with E-state index < -0.39 is 0 Å². The molecule has 2 aromatic carbocycles. The normalized spacial score (nSPS) is 11.0. The maximum atomic E-state index is 5.97. The average Bonchev–Trinajstić information content (AvgIpc) is 3.00. The Morgan fingerprint density at radius 3 is 2.30 bits per heavy atom. The zero-order valence-electron chi connectivity index (χ0n) is 12.4. The summed E-state index contributed by atoms with van der Waals surface area (Å²) in [6, 6.07) is 17.7. The highest BCUT2D eigenvalue weighted by Gasteiger charge is 2.11. The second-order valence-corrected chi connectivity index (χ2v) is 5.79. The zero-order chi connectivity index (χ0) is 15.8. The fourth-order valence-corrected chi connectivity index (χ4v) is 2.58. The van der Waals surface area contributed by atoms with E-state index in [1.54, 1.807) is 10.7 Å².